The number of Topliss-reactive ketones (excluding diaryl/α,β-unsaturated/α-hetero) is 1. The minimum atomic E-state index is -0.758. The van der Waals surface area contributed by atoms with Gasteiger partial charge < -0.3 is 29.8 Å². The van der Waals surface area contributed by atoms with Gasteiger partial charge >= 0.3 is 12.2 Å². The quantitative estimate of drug-likeness (QED) is 0.184. The highest BCUT2D eigenvalue weighted by molar-refractivity contribution is 6.35. The molecule has 0 saturated carbocycles. The SMILES string of the molecule is CC(=O)c1cc[nH]c1/C=C1\C(=O)Nc2cnc(-c3cn(C(=O)OC(C)(C)C)nc3OCCCNC(=O)OC(C)(C)C)cc21. The molecule has 0 saturated heterocycles. The third-order valence-electron chi connectivity index (χ3n) is 5.90. The molecule has 0 radical (unpaired) electrons. The summed E-state index contributed by atoms with van der Waals surface area (Å²) in [5.41, 5.74) is 1.74. The van der Waals surface area contributed by atoms with Crippen molar-refractivity contribution in [2.24, 2.45) is 0 Å². The first-order valence-corrected chi connectivity index (χ1v) is 13.8. The number of fused-ring (bicyclic) bond motifs is 1. The highest BCUT2D eigenvalue weighted by atomic mass is 16.6. The predicted molar refractivity (Wildman–Crippen MR) is 159 cm³/mol. The zero-order valence-electron chi connectivity index (χ0n) is 25.3. The molecule has 0 aromatic carbocycles. The van der Waals surface area contributed by atoms with E-state index >= 15 is 0 Å². The molecule has 0 bridgehead atoms. The summed E-state index contributed by atoms with van der Waals surface area (Å²) < 4.78 is 17.6. The molecule has 0 atom stereocenters. The number of carbonyl (C=O) groups excluding carboxylic acids is 4. The summed E-state index contributed by atoms with van der Waals surface area (Å²) in [6.45, 7) is 12.5. The van der Waals surface area contributed by atoms with Gasteiger partial charge in [-0.05, 0) is 73.1 Å². The van der Waals surface area contributed by atoms with Crippen LogP contribution in [0.1, 0.15) is 76.5 Å². The maximum atomic E-state index is 12.9. The van der Waals surface area contributed by atoms with Crippen LogP contribution in [0.15, 0.2) is 30.7 Å². The first kappa shape index (κ1) is 31.0. The summed E-state index contributed by atoms with van der Waals surface area (Å²) in [7, 11) is 0. The van der Waals surface area contributed by atoms with E-state index < -0.39 is 23.4 Å². The topological polar surface area (TPSA) is 167 Å². The molecule has 0 unspecified atom stereocenters. The normalized spacial score (nSPS) is 13.8. The average Bonchev–Trinajstić information content (AvgIpc) is 3.59. The van der Waals surface area contributed by atoms with Crippen LogP contribution in [0.25, 0.3) is 22.9 Å². The van der Waals surface area contributed by atoms with Crippen LogP contribution in [0.5, 0.6) is 5.88 Å². The van der Waals surface area contributed by atoms with E-state index in [-0.39, 0.29) is 30.7 Å². The molecule has 0 aliphatic carbocycles. The number of ketones is 1. The molecule has 4 rings (SSSR count). The lowest BCUT2D eigenvalue weighted by molar-refractivity contribution is -0.110. The first-order valence-electron chi connectivity index (χ1n) is 13.8. The van der Waals surface area contributed by atoms with E-state index in [0.29, 0.717) is 45.8 Å². The van der Waals surface area contributed by atoms with E-state index in [1.165, 1.54) is 19.3 Å². The van der Waals surface area contributed by atoms with Gasteiger partial charge in [0.25, 0.3) is 5.91 Å². The van der Waals surface area contributed by atoms with Gasteiger partial charge in [0.15, 0.2) is 5.78 Å². The third kappa shape index (κ3) is 7.87. The molecule has 2 amide bonds. The number of aromatic nitrogens is 4. The Bertz CT molecular complexity index is 1590. The summed E-state index contributed by atoms with van der Waals surface area (Å²) in [4.78, 5) is 57.1. The van der Waals surface area contributed by atoms with Crippen molar-refractivity contribution in [1.82, 2.24) is 25.1 Å². The van der Waals surface area contributed by atoms with E-state index in [9.17, 15) is 19.2 Å². The first-order chi connectivity index (χ1) is 20.1. The zero-order chi connectivity index (χ0) is 31.5. The molecule has 3 N–H and O–H groups in total. The van der Waals surface area contributed by atoms with Crippen LogP contribution in [0.3, 0.4) is 0 Å². The average molecular weight is 593 g/mol. The Morgan fingerprint density at radius 2 is 1.79 bits per heavy atom. The Labute approximate surface area is 249 Å². The fourth-order valence-corrected chi connectivity index (χ4v) is 4.12. The van der Waals surface area contributed by atoms with Crippen molar-refractivity contribution in [3.05, 3.63) is 47.5 Å². The highest BCUT2D eigenvalue weighted by Crippen LogP contribution is 2.37. The summed E-state index contributed by atoms with van der Waals surface area (Å²) in [5, 5.41) is 9.75. The fraction of sp³-hybridized carbons (Fsp3) is 0.400. The number of aromatic amines is 1. The second-order valence-corrected chi connectivity index (χ2v) is 11.9. The number of hydrogen-bond acceptors (Lipinski definition) is 9. The van der Waals surface area contributed by atoms with E-state index in [1.807, 2.05) is 0 Å². The van der Waals surface area contributed by atoms with Crippen LogP contribution in [0.4, 0.5) is 15.3 Å². The Hall–Kier alpha value is -4.94. The van der Waals surface area contributed by atoms with Crippen molar-refractivity contribution in [3.63, 3.8) is 0 Å². The second kappa shape index (κ2) is 12.1. The fourth-order valence-electron chi connectivity index (χ4n) is 4.12. The summed E-state index contributed by atoms with van der Waals surface area (Å²) in [5.74, 6) is -0.377. The molecular weight excluding hydrogens is 556 g/mol. The summed E-state index contributed by atoms with van der Waals surface area (Å²) >= 11 is 0. The van der Waals surface area contributed by atoms with E-state index in [1.54, 1.807) is 65.9 Å². The van der Waals surface area contributed by atoms with Gasteiger partial charge in [-0.25, -0.2) is 9.59 Å². The molecule has 1 aliphatic heterocycles. The molecule has 1 aliphatic rings. The minimum absolute atomic E-state index is 0.113. The number of amides is 2. The van der Waals surface area contributed by atoms with Gasteiger partial charge in [-0.1, -0.05) is 0 Å². The number of H-pyrrole nitrogens is 1. The van der Waals surface area contributed by atoms with Crippen molar-refractivity contribution < 1.29 is 33.4 Å². The van der Waals surface area contributed by atoms with E-state index in [2.05, 4.69) is 25.7 Å². The van der Waals surface area contributed by atoms with Gasteiger partial charge in [0.05, 0.1) is 41.5 Å². The largest absolute Gasteiger partial charge is 0.476 e. The summed E-state index contributed by atoms with van der Waals surface area (Å²) in [6, 6.07) is 3.33. The van der Waals surface area contributed by atoms with Crippen LogP contribution < -0.4 is 15.4 Å². The smallest absolute Gasteiger partial charge is 0.435 e. The third-order valence-corrected chi connectivity index (χ3v) is 5.90. The van der Waals surface area contributed by atoms with Crippen molar-refractivity contribution in [1.29, 1.82) is 0 Å². The zero-order valence-corrected chi connectivity index (χ0v) is 25.3. The van der Waals surface area contributed by atoms with E-state index in [4.69, 9.17) is 14.2 Å². The molecule has 43 heavy (non-hydrogen) atoms. The number of alkyl carbamates (subject to hydrolysis) is 1. The van der Waals surface area contributed by atoms with Crippen LogP contribution in [0, 0.1) is 0 Å². The van der Waals surface area contributed by atoms with Crippen LogP contribution in [-0.4, -0.2) is 68.0 Å². The van der Waals surface area contributed by atoms with Crippen molar-refractivity contribution in [2.45, 2.75) is 66.1 Å². The molecule has 0 fully saturated rings. The van der Waals surface area contributed by atoms with E-state index in [0.717, 1.165) is 4.68 Å². The number of nitrogens with zero attached hydrogens (tertiary/aromatic N) is 3. The van der Waals surface area contributed by atoms with Crippen LogP contribution >= 0.6 is 0 Å². The van der Waals surface area contributed by atoms with Crippen molar-refractivity contribution in [2.75, 3.05) is 18.5 Å². The number of rotatable bonds is 8. The van der Waals surface area contributed by atoms with Gasteiger partial charge in [-0.2, -0.15) is 4.68 Å². The lowest BCUT2D eigenvalue weighted by Crippen LogP contribution is -2.33. The van der Waals surface area contributed by atoms with Gasteiger partial charge in [-0.15, -0.1) is 5.10 Å². The molecule has 4 heterocycles. The second-order valence-electron chi connectivity index (χ2n) is 11.9. The molecule has 13 nitrogen and oxygen atoms in total. The maximum Gasteiger partial charge on any atom is 0.435 e. The molecular formula is C30H36N6O7. The van der Waals surface area contributed by atoms with Crippen molar-refractivity contribution >= 4 is 41.2 Å². The summed E-state index contributed by atoms with van der Waals surface area (Å²) in [6.07, 6.45) is 5.37. The van der Waals surface area contributed by atoms with Crippen LogP contribution in [0.2, 0.25) is 0 Å². The molecule has 3 aromatic rings. The van der Waals surface area contributed by atoms with Gasteiger partial charge in [0, 0.05) is 29.6 Å². The number of anilines is 1. The number of ether oxygens (including phenoxy) is 3. The van der Waals surface area contributed by atoms with Gasteiger partial charge in [0.1, 0.15) is 11.2 Å². The lowest BCUT2D eigenvalue weighted by Gasteiger charge is -2.19. The monoisotopic (exact) mass is 592 g/mol. The molecule has 0 spiro atoms. The van der Waals surface area contributed by atoms with Gasteiger partial charge in [0.2, 0.25) is 5.88 Å². The predicted octanol–water partition coefficient (Wildman–Crippen LogP) is 5.05. The Morgan fingerprint density at radius 1 is 1.07 bits per heavy atom. The highest BCUT2D eigenvalue weighted by Gasteiger charge is 2.28. The van der Waals surface area contributed by atoms with Crippen molar-refractivity contribution in [3.8, 4) is 17.1 Å². The van der Waals surface area contributed by atoms with Gasteiger partial charge in [-0.3, -0.25) is 14.6 Å². The maximum absolute atomic E-state index is 12.9. The molecule has 13 heteroatoms. The Balaban J connectivity index is 1.61. The number of carbonyl (C=O) groups is 4. The lowest BCUT2D eigenvalue weighted by atomic mass is 10.0. The minimum Gasteiger partial charge on any atom is -0.476 e. The molecule has 228 valence electrons. The Kier molecular flexibility index (Phi) is 8.74. The standard InChI is InChI=1S/C30H36N6O7/c1-17(37)18-9-11-31-22(18)14-20-19-13-23(33-15-24(19)34-25(20)38)21-16-36(28(40)43-30(5,6)7)35-26(21)41-12-8-10-32-27(39)42-29(2,3)4/h9,11,13-16,31H,8,10,12H2,1-7H3,(H,32,39)(H,34,38)/b20-14-. The molecule has 3 aromatic heterocycles. The van der Waals surface area contributed by atoms with Crippen LogP contribution in [-0.2, 0) is 14.3 Å². The number of hydrogen-bond donors (Lipinski definition) is 3. The Morgan fingerprint density at radius 3 is 2.47 bits per heavy atom. The number of nitrogens with one attached hydrogen (secondary N) is 3. The number of pyridine rings is 1.